The maximum atomic E-state index is 9.32. The van der Waals surface area contributed by atoms with E-state index in [2.05, 4.69) is 47.7 Å². The first kappa shape index (κ1) is 17.0. The number of nitrogens with zero attached hydrogens (tertiary/aromatic N) is 2. The Labute approximate surface area is 143 Å². The molecule has 1 saturated heterocycles. The average Bonchev–Trinajstić information content (AvgIpc) is 3.00. The van der Waals surface area contributed by atoms with Gasteiger partial charge in [-0.2, -0.15) is 5.10 Å². The summed E-state index contributed by atoms with van der Waals surface area (Å²) in [6, 6.07) is 11.1. The van der Waals surface area contributed by atoms with E-state index in [9.17, 15) is 5.11 Å². The molecular formula is C19H27N3O2. The fourth-order valence-electron chi connectivity index (χ4n) is 3.12. The molecule has 0 amide bonds. The van der Waals surface area contributed by atoms with Gasteiger partial charge in [-0.15, -0.1) is 0 Å². The second-order valence-electron chi connectivity index (χ2n) is 6.34. The molecule has 0 spiro atoms. The Balaban J connectivity index is 1.79. The molecule has 5 nitrogen and oxygen atoms in total. The maximum absolute atomic E-state index is 9.32. The summed E-state index contributed by atoms with van der Waals surface area (Å²) < 4.78 is 7.28. The summed E-state index contributed by atoms with van der Waals surface area (Å²) in [5.74, 6) is 0.976. The van der Waals surface area contributed by atoms with E-state index in [0.717, 1.165) is 56.0 Å². The predicted molar refractivity (Wildman–Crippen MR) is 96.2 cm³/mol. The number of hydrogen-bond acceptors (Lipinski definition) is 4. The zero-order valence-electron chi connectivity index (χ0n) is 14.4. The van der Waals surface area contributed by atoms with Gasteiger partial charge in [-0.25, -0.2) is 4.68 Å². The zero-order chi connectivity index (χ0) is 16.8. The molecule has 1 aromatic heterocycles. The standard InChI is InChI=1S/C19H27N3O2/c1-2-3-15-4-6-16(7-5-15)18-14-19(22(21-18)10-11-23)20-17-8-12-24-13-9-17/h4-7,14,17,20,23H,2-3,8-13H2,1H3. The van der Waals surface area contributed by atoms with Gasteiger partial charge >= 0.3 is 0 Å². The van der Waals surface area contributed by atoms with E-state index < -0.39 is 0 Å². The lowest BCUT2D eigenvalue weighted by atomic mass is 10.1. The number of anilines is 1. The van der Waals surface area contributed by atoms with E-state index in [1.54, 1.807) is 0 Å². The highest BCUT2D eigenvalue weighted by molar-refractivity contribution is 5.63. The van der Waals surface area contributed by atoms with Gasteiger partial charge in [0.1, 0.15) is 5.82 Å². The molecular weight excluding hydrogens is 302 g/mol. The van der Waals surface area contributed by atoms with Gasteiger partial charge in [-0.3, -0.25) is 0 Å². The molecule has 0 aliphatic carbocycles. The quantitative estimate of drug-likeness (QED) is 0.819. The van der Waals surface area contributed by atoms with Crippen LogP contribution in [-0.2, 0) is 17.7 Å². The van der Waals surface area contributed by atoms with E-state index in [1.165, 1.54) is 5.56 Å². The second-order valence-corrected chi connectivity index (χ2v) is 6.34. The highest BCUT2D eigenvalue weighted by Crippen LogP contribution is 2.24. The highest BCUT2D eigenvalue weighted by Gasteiger charge is 2.17. The lowest BCUT2D eigenvalue weighted by Gasteiger charge is -2.24. The van der Waals surface area contributed by atoms with Crippen molar-refractivity contribution in [1.82, 2.24) is 9.78 Å². The van der Waals surface area contributed by atoms with Crippen LogP contribution in [0.25, 0.3) is 11.3 Å². The number of aliphatic hydroxyl groups excluding tert-OH is 1. The number of aromatic nitrogens is 2. The average molecular weight is 329 g/mol. The van der Waals surface area contributed by atoms with Gasteiger partial charge in [0.2, 0.25) is 0 Å². The van der Waals surface area contributed by atoms with Crippen LogP contribution in [0.3, 0.4) is 0 Å². The maximum Gasteiger partial charge on any atom is 0.125 e. The topological polar surface area (TPSA) is 59.3 Å². The van der Waals surface area contributed by atoms with E-state index in [4.69, 9.17) is 4.74 Å². The molecule has 24 heavy (non-hydrogen) atoms. The molecule has 3 rings (SSSR count). The van der Waals surface area contributed by atoms with E-state index in [-0.39, 0.29) is 6.61 Å². The molecule has 0 unspecified atom stereocenters. The first-order chi connectivity index (χ1) is 11.8. The summed E-state index contributed by atoms with van der Waals surface area (Å²) in [6.07, 6.45) is 4.27. The molecule has 1 aliphatic rings. The first-order valence-corrected chi connectivity index (χ1v) is 8.92. The summed E-state index contributed by atoms with van der Waals surface area (Å²) >= 11 is 0. The number of hydrogen-bond donors (Lipinski definition) is 2. The number of aliphatic hydroxyl groups is 1. The molecule has 1 aromatic carbocycles. The molecule has 1 aliphatic heterocycles. The number of rotatable bonds is 7. The van der Waals surface area contributed by atoms with Crippen LogP contribution in [0.2, 0.25) is 0 Å². The predicted octanol–water partition coefficient (Wildman–Crippen LogP) is 3.09. The van der Waals surface area contributed by atoms with Crippen molar-refractivity contribution in [3.8, 4) is 11.3 Å². The largest absolute Gasteiger partial charge is 0.394 e. The molecule has 2 heterocycles. The molecule has 1 fully saturated rings. The van der Waals surface area contributed by atoms with Crippen molar-refractivity contribution in [2.45, 2.75) is 45.2 Å². The Hall–Kier alpha value is -1.85. The lowest BCUT2D eigenvalue weighted by Crippen LogP contribution is -2.29. The number of nitrogens with one attached hydrogen (secondary N) is 1. The van der Waals surface area contributed by atoms with Gasteiger partial charge in [-0.05, 0) is 24.8 Å². The Morgan fingerprint density at radius 2 is 2.00 bits per heavy atom. The Morgan fingerprint density at radius 1 is 1.25 bits per heavy atom. The number of ether oxygens (including phenoxy) is 1. The van der Waals surface area contributed by atoms with Crippen LogP contribution in [0, 0.1) is 0 Å². The third-order valence-corrected chi connectivity index (χ3v) is 4.45. The fourth-order valence-corrected chi connectivity index (χ4v) is 3.12. The van der Waals surface area contributed by atoms with Crippen molar-refractivity contribution < 1.29 is 9.84 Å². The molecule has 0 atom stereocenters. The van der Waals surface area contributed by atoms with E-state index in [1.807, 2.05) is 4.68 Å². The third kappa shape index (κ3) is 4.16. The molecule has 2 N–H and O–H groups in total. The highest BCUT2D eigenvalue weighted by atomic mass is 16.5. The number of benzene rings is 1. The van der Waals surface area contributed by atoms with Crippen LogP contribution in [0.15, 0.2) is 30.3 Å². The monoisotopic (exact) mass is 329 g/mol. The Bertz CT molecular complexity index is 631. The van der Waals surface area contributed by atoms with Crippen LogP contribution < -0.4 is 5.32 Å². The van der Waals surface area contributed by atoms with Crippen LogP contribution in [0.5, 0.6) is 0 Å². The second kappa shape index (κ2) is 8.31. The van der Waals surface area contributed by atoms with Crippen molar-refractivity contribution in [2.24, 2.45) is 0 Å². The van der Waals surface area contributed by atoms with Crippen molar-refractivity contribution >= 4 is 5.82 Å². The van der Waals surface area contributed by atoms with Gasteiger partial charge in [0.25, 0.3) is 0 Å². The van der Waals surface area contributed by atoms with Gasteiger partial charge in [-0.1, -0.05) is 37.6 Å². The van der Waals surface area contributed by atoms with Crippen molar-refractivity contribution in [2.75, 3.05) is 25.1 Å². The Morgan fingerprint density at radius 3 is 2.67 bits per heavy atom. The number of aryl methyl sites for hydroxylation is 1. The van der Waals surface area contributed by atoms with Crippen LogP contribution in [-0.4, -0.2) is 40.7 Å². The minimum Gasteiger partial charge on any atom is -0.394 e. The molecule has 0 saturated carbocycles. The van der Waals surface area contributed by atoms with Gasteiger partial charge in [0.15, 0.2) is 0 Å². The minimum atomic E-state index is 0.0824. The normalized spacial score (nSPS) is 15.6. The van der Waals surface area contributed by atoms with E-state index in [0.29, 0.717) is 12.6 Å². The molecule has 5 heteroatoms. The summed E-state index contributed by atoms with van der Waals surface area (Å²) in [5.41, 5.74) is 3.42. The third-order valence-electron chi connectivity index (χ3n) is 4.45. The van der Waals surface area contributed by atoms with Gasteiger partial charge in [0, 0.05) is 30.9 Å². The van der Waals surface area contributed by atoms with Crippen LogP contribution in [0.1, 0.15) is 31.7 Å². The van der Waals surface area contributed by atoms with Crippen molar-refractivity contribution in [3.05, 3.63) is 35.9 Å². The van der Waals surface area contributed by atoms with Crippen LogP contribution >= 0.6 is 0 Å². The Kier molecular flexibility index (Phi) is 5.88. The molecule has 0 radical (unpaired) electrons. The molecule has 0 bridgehead atoms. The smallest absolute Gasteiger partial charge is 0.125 e. The molecule has 2 aromatic rings. The summed E-state index contributed by atoms with van der Waals surface area (Å²) in [4.78, 5) is 0. The summed E-state index contributed by atoms with van der Waals surface area (Å²) in [7, 11) is 0. The summed E-state index contributed by atoms with van der Waals surface area (Å²) in [6.45, 7) is 4.38. The van der Waals surface area contributed by atoms with E-state index >= 15 is 0 Å². The fraction of sp³-hybridized carbons (Fsp3) is 0.526. The molecule has 130 valence electrons. The van der Waals surface area contributed by atoms with Crippen molar-refractivity contribution in [1.29, 1.82) is 0 Å². The first-order valence-electron chi connectivity index (χ1n) is 8.92. The lowest BCUT2D eigenvalue weighted by molar-refractivity contribution is 0.0902. The van der Waals surface area contributed by atoms with Crippen molar-refractivity contribution in [3.63, 3.8) is 0 Å². The van der Waals surface area contributed by atoms with Gasteiger partial charge < -0.3 is 15.2 Å². The summed E-state index contributed by atoms with van der Waals surface area (Å²) in [5, 5.41) is 17.6. The minimum absolute atomic E-state index is 0.0824. The van der Waals surface area contributed by atoms with Crippen LogP contribution in [0.4, 0.5) is 5.82 Å². The zero-order valence-corrected chi connectivity index (χ0v) is 14.4. The van der Waals surface area contributed by atoms with Gasteiger partial charge in [0.05, 0.1) is 18.8 Å². The SMILES string of the molecule is CCCc1ccc(-c2cc(NC3CCOCC3)n(CCO)n2)cc1.